The fraction of sp³-hybridized carbons (Fsp3) is 0.261. The number of anilines is 1. The number of hydrogen-bond acceptors (Lipinski definition) is 7. The number of fused-ring (bicyclic) bond motifs is 2. The lowest BCUT2D eigenvalue weighted by molar-refractivity contribution is -0.128. The molecule has 1 N–H and O–H groups in total. The van der Waals surface area contributed by atoms with Crippen molar-refractivity contribution in [3.05, 3.63) is 55.1 Å². The predicted molar refractivity (Wildman–Crippen MR) is 122 cm³/mol. The lowest BCUT2D eigenvalue weighted by Crippen LogP contribution is -2.54. The summed E-state index contributed by atoms with van der Waals surface area (Å²) in [6.45, 7) is 9.55. The van der Waals surface area contributed by atoms with Crippen LogP contribution in [0, 0.1) is 6.92 Å². The molecule has 0 bridgehead atoms. The second-order valence-electron chi connectivity index (χ2n) is 7.89. The van der Waals surface area contributed by atoms with E-state index in [2.05, 4.69) is 36.6 Å². The molecule has 1 amide bonds. The first-order chi connectivity index (χ1) is 15.6. The van der Waals surface area contributed by atoms with E-state index in [9.17, 15) is 4.79 Å². The van der Waals surface area contributed by atoms with Gasteiger partial charge in [0.25, 0.3) is 0 Å². The van der Waals surface area contributed by atoms with Crippen molar-refractivity contribution in [2.75, 3.05) is 24.5 Å². The van der Waals surface area contributed by atoms with E-state index < -0.39 is 0 Å². The molecule has 1 aliphatic heterocycles. The normalized spacial score (nSPS) is 16.5. The number of carbonyl (C=O) groups excluding carboxylic acids is 1. The van der Waals surface area contributed by atoms with Crippen LogP contribution >= 0.6 is 0 Å². The van der Waals surface area contributed by atoms with Gasteiger partial charge >= 0.3 is 0 Å². The fourth-order valence-corrected chi connectivity index (χ4v) is 4.20. The van der Waals surface area contributed by atoms with E-state index in [1.165, 1.54) is 12.4 Å². The van der Waals surface area contributed by atoms with Crippen LogP contribution in [-0.4, -0.2) is 61.6 Å². The number of pyridine rings is 1. The van der Waals surface area contributed by atoms with Crippen LogP contribution in [0.5, 0.6) is 11.6 Å². The number of rotatable bonds is 4. The van der Waals surface area contributed by atoms with Crippen molar-refractivity contribution in [2.24, 2.45) is 0 Å². The van der Waals surface area contributed by atoms with Crippen LogP contribution in [0.2, 0.25) is 0 Å². The number of amides is 1. The van der Waals surface area contributed by atoms with Crippen molar-refractivity contribution in [1.29, 1.82) is 0 Å². The van der Waals surface area contributed by atoms with Gasteiger partial charge in [0, 0.05) is 37.3 Å². The third kappa shape index (κ3) is 3.31. The summed E-state index contributed by atoms with van der Waals surface area (Å²) in [6, 6.07) is 5.89. The van der Waals surface area contributed by atoms with Crippen LogP contribution in [0.4, 0.5) is 5.82 Å². The minimum absolute atomic E-state index is 0.0400. The molecule has 4 aromatic rings. The van der Waals surface area contributed by atoms with Crippen molar-refractivity contribution >= 4 is 33.5 Å². The second kappa shape index (κ2) is 7.92. The van der Waals surface area contributed by atoms with E-state index in [1.54, 1.807) is 12.4 Å². The minimum Gasteiger partial charge on any atom is -0.436 e. The molecule has 9 nitrogen and oxygen atoms in total. The summed E-state index contributed by atoms with van der Waals surface area (Å²) < 4.78 is 6.28. The molecule has 32 heavy (non-hydrogen) atoms. The number of nitrogens with one attached hydrogen (secondary N) is 1. The van der Waals surface area contributed by atoms with Gasteiger partial charge in [-0.25, -0.2) is 15.0 Å². The molecule has 4 heterocycles. The summed E-state index contributed by atoms with van der Waals surface area (Å²) in [7, 11) is 0. The molecule has 1 aromatic carbocycles. The summed E-state index contributed by atoms with van der Waals surface area (Å²) in [6.07, 6.45) is 6.35. The third-order valence-corrected chi connectivity index (χ3v) is 5.85. The predicted octanol–water partition coefficient (Wildman–Crippen LogP) is 3.22. The fourth-order valence-electron chi connectivity index (χ4n) is 4.20. The van der Waals surface area contributed by atoms with E-state index in [0.717, 1.165) is 27.7 Å². The number of ether oxygens (including phenoxy) is 1. The number of aromatic amines is 1. The Balaban J connectivity index is 1.51. The van der Waals surface area contributed by atoms with Crippen molar-refractivity contribution < 1.29 is 9.53 Å². The van der Waals surface area contributed by atoms with Gasteiger partial charge in [-0.05, 0) is 37.6 Å². The van der Waals surface area contributed by atoms with Gasteiger partial charge in [0.15, 0.2) is 0 Å². The molecule has 1 saturated heterocycles. The second-order valence-corrected chi connectivity index (χ2v) is 7.89. The van der Waals surface area contributed by atoms with Gasteiger partial charge in [0.1, 0.15) is 23.4 Å². The molecule has 0 radical (unpaired) electrons. The number of nitrogens with zero attached hydrogens (tertiary/aromatic N) is 6. The Bertz CT molecular complexity index is 1330. The number of aryl methyl sites for hydroxylation is 1. The zero-order valence-electron chi connectivity index (χ0n) is 17.9. The van der Waals surface area contributed by atoms with Gasteiger partial charge in [0.2, 0.25) is 11.8 Å². The van der Waals surface area contributed by atoms with Crippen LogP contribution in [0.1, 0.15) is 12.5 Å². The van der Waals surface area contributed by atoms with E-state index in [0.29, 0.717) is 36.8 Å². The maximum atomic E-state index is 12.1. The first-order valence-corrected chi connectivity index (χ1v) is 10.4. The smallest absolute Gasteiger partial charge is 0.246 e. The highest BCUT2D eigenvalue weighted by Crippen LogP contribution is 2.35. The van der Waals surface area contributed by atoms with Gasteiger partial charge in [-0.3, -0.25) is 9.89 Å². The van der Waals surface area contributed by atoms with Gasteiger partial charge in [-0.1, -0.05) is 12.6 Å². The van der Waals surface area contributed by atoms with E-state index in [4.69, 9.17) is 4.74 Å². The average molecular weight is 429 g/mol. The number of piperazine rings is 1. The molecule has 0 unspecified atom stereocenters. The van der Waals surface area contributed by atoms with Crippen LogP contribution in [0.3, 0.4) is 0 Å². The maximum absolute atomic E-state index is 12.1. The average Bonchev–Trinajstić information content (AvgIpc) is 3.29. The lowest BCUT2D eigenvalue weighted by Gasteiger charge is -2.40. The lowest BCUT2D eigenvalue weighted by atomic mass is 10.1. The Labute approximate surface area is 184 Å². The van der Waals surface area contributed by atoms with E-state index in [1.807, 2.05) is 36.9 Å². The minimum atomic E-state index is -0.0478. The van der Waals surface area contributed by atoms with Crippen LogP contribution in [0.25, 0.3) is 21.8 Å². The molecule has 9 heteroatoms. The zero-order chi connectivity index (χ0) is 22.2. The van der Waals surface area contributed by atoms with Gasteiger partial charge < -0.3 is 14.5 Å². The first kappa shape index (κ1) is 19.9. The molecule has 162 valence electrons. The number of benzene rings is 1. The standard InChI is InChI=1S/C23H23N7O2/c1-4-19(31)30-10-9-29(12-15(30)3)22-16-7-8-24-23(20(16)25-13-26-22)32-21-14(2)5-6-18-17(21)11-27-28-18/h4-8,11,13,15H,1,9-10,12H2,2-3H3,(H,27,28)/t15-/m1/s1. The van der Waals surface area contributed by atoms with Gasteiger partial charge in [0.05, 0.1) is 17.1 Å². The Morgan fingerprint density at radius 1 is 1.22 bits per heavy atom. The molecule has 1 fully saturated rings. The van der Waals surface area contributed by atoms with Crippen molar-refractivity contribution in [3.63, 3.8) is 0 Å². The topological polar surface area (TPSA) is 100 Å². The molecule has 5 rings (SSSR count). The third-order valence-electron chi connectivity index (χ3n) is 5.85. The number of hydrogen-bond donors (Lipinski definition) is 1. The monoisotopic (exact) mass is 429 g/mol. The molecular formula is C23H23N7O2. The SMILES string of the molecule is C=CC(=O)N1CCN(c2ncnc3c(Oc4c(C)ccc5[nH]ncc45)nccc23)C[C@H]1C. The van der Waals surface area contributed by atoms with Gasteiger partial charge in [-0.2, -0.15) is 5.10 Å². The van der Waals surface area contributed by atoms with Crippen LogP contribution < -0.4 is 9.64 Å². The highest BCUT2D eigenvalue weighted by Gasteiger charge is 2.28. The first-order valence-electron chi connectivity index (χ1n) is 10.4. The largest absolute Gasteiger partial charge is 0.436 e. The number of aromatic nitrogens is 5. The summed E-state index contributed by atoms with van der Waals surface area (Å²) in [5.41, 5.74) is 2.50. The molecule has 1 aliphatic rings. The summed E-state index contributed by atoms with van der Waals surface area (Å²) in [5.74, 6) is 1.87. The van der Waals surface area contributed by atoms with Crippen LogP contribution in [-0.2, 0) is 4.79 Å². The Hall–Kier alpha value is -4.01. The number of carbonyl (C=O) groups is 1. The molecular weight excluding hydrogens is 406 g/mol. The Morgan fingerprint density at radius 2 is 2.09 bits per heavy atom. The molecule has 1 atom stereocenters. The molecule has 0 spiro atoms. The van der Waals surface area contributed by atoms with Gasteiger partial charge in [-0.15, -0.1) is 0 Å². The van der Waals surface area contributed by atoms with Crippen molar-refractivity contribution in [1.82, 2.24) is 30.0 Å². The molecule has 0 aliphatic carbocycles. The van der Waals surface area contributed by atoms with Crippen molar-refractivity contribution in [3.8, 4) is 11.6 Å². The van der Waals surface area contributed by atoms with Crippen LogP contribution in [0.15, 0.2) is 49.6 Å². The quantitative estimate of drug-likeness (QED) is 0.497. The molecule has 3 aromatic heterocycles. The maximum Gasteiger partial charge on any atom is 0.246 e. The summed E-state index contributed by atoms with van der Waals surface area (Å²) >= 11 is 0. The van der Waals surface area contributed by atoms with E-state index in [-0.39, 0.29) is 11.9 Å². The summed E-state index contributed by atoms with van der Waals surface area (Å²) in [5, 5.41) is 8.82. The van der Waals surface area contributed by atoms with Crippen molar-refractivity contribution in [2.45, 2.75) is 19.9 Å². The van der Waals surface area contributed by atoms with E-state index >= 15 is 0 Å². The molecule has 0 saturated carbocycles. The highest BCUT2D eigenvalue weighted by atomic mass is 16.5. The zero-order valence-corrected chi connectivity index (χ0v) is 17.9. The Morgan fingerprint density at radius 3 is 2.91 bits per heavy atom. The Kier molecular flexibility index (Phi) is 4.93. The summed E-state index contributed by atoms with van der Waals surface area (Å²) in [4.78, 5) is 29.6. The highest BCUT2D eigenvalue weighted by molar-refractivity contribution is 5.93. The number of H-pyrrole nitrogens is 1.